The van der Waals surface area contributed by atoms with Gasteiger partial charge in [-0.2, -0.15) is 5.26 Å². The van der Waals surface area contributed by atoms with Crippen LogP contribution in [0.1, 0.15) is 19.4 Å². The largest absolute Gasteiger partial charge is 0.493 e. The normalized spacial score (nSPS) is 16.7. The van der Waals surface area contributed by atoms with Gasteiger partial charge in [-0.15, -0.1) is 0 Å². The lowest BCUT2D eigenvalue weighted by molar-refractivity contribution is 0.0343. The molecule has 0 atom stereocenters. The van der Waals surface area contributed by atoms with Crippen LogP contribution in [0.25, 0.3) is 11.1 Å². The molecule has 24 heavy (non-hydrogen) atoms. The minimum atomic E-state index is -0.600. The van der Waals surface area contributed by atoms with Crippen molar-refractivity contribution >= 4 is 12.6 Å². The number of hydrogen-bond acceptors (Lipinski definition) is 3. The van der Waals surface area contributed by atoms with E-state index in [2.05, 4.69) is 0 Å². The summed E-state index contributed by atoms with van der Waals surface area (Å²) in [6.07, 6.45) is 0. The lowest BCUT2D eigenvalue weighted by Gasteiger charge is -2.33. The molecule has 1 aliphatic heterocycles. The number of benzene rings is 2. The van der Waals surface area contributed by atoms with Gasteiger partial charge >= 0.3 is 7.12 Å². The molecule has 0 saturated carbocycles. The average Bonchev–Trinajstić information content (AvgIpc) is 2.55. The van der Waals surface area contributed by atoms with Gasteiger partial charge in [0.05, 0.1) is 11.6 Å². The van der Waals surface area contributed by atoms with Crippen LogP contribution in [0.5, 0.6) is 0 Å². The maximum absolute atomic E-state index is 14.3. The van der Waals surface area contributed by atoms with Gasteiger partial charge in [0.2, 0.25) is 0 Å². The van der Waals surface area contributed by atoms with Gasteiger partial charge in [-0.05, 0) is 29.7 Å². The Bertz CT molecular complexity index is 807. The smallest absolute Gasteiger partial charge is 0.407 e. The van der Waals surface area contributed by atoms with Gasteiger partial charge in [-0.3, -0.25) is 0 Å². The first-order valence-corrected chi connectivity index (χ1v) is 7.62. The van der Waals surface area contributed by atoms with Crippen LogP contribution in [0.15, 0.2) is 36.4 Å². The Morgan fingerprint density at radius 2 is 1.75 bits per heavy atom. The Hall–Kier alpha value is -2.23. The van der Waals surface area contributed by atoms with Crippen LogP contribution in [-0.2, 0) is 9.31 Å². The maximum Gasteiger partial charge on any atom is 0.493 e. The van der Waals surface area contributed by atoms with Crippen molar-refractivity contribution in [3.8, 4) is 17.2 Å². The third-order valence-electron chi connectivity index (χ3n) is 3.91. The molecule has 1 fully saturated rings. The first-order chi connectivity index (χ1) is 11.4. The lowest BCUT2D eigenvalue weighted by atomic mass is 9.75. The Morgan fingerprint density at radius 1 is 1.04 bits per heavy atom. The second kappa shape index (κ2) is 6.35. The van der Waals surface area contributed by atoms with E-state index in [4.69, 9.17) is 9.31 Å². The Kier molecular flexibility index (Phi) is 4.40. The summed E-state index contributed by atoms with van der Waals surface area (Å²) >= 11 is 0. The fourth-order valence-corrected chi connectivity index (χ4v) is 2.62. The molecule has 2 aromatic rings. The van der Waals surface area contributed by atoms with Crippen LogP contribution in [0.4, 0.5) is 8.78 Å². The topological polar surface area (TPSA) is 42.2 Å². The molecule has 1 aliphatic rings. The molecule has 0 spiro atoms. The lowest BCUT2D eigenvalue weighted by Crippen LogP contribution is -2.47. The van der Waals surface area contributed by atoms with E-state index in [1.807, 2.05) is 19.9 Å². The molecule has 0 aliphatic carbocycles. The highest BCUT2D eigenvalue weighted by Gasteiger charge is 2.33. The first kappa shape index (κ1) is 16.6. The third-order valence-corrected chi connectivity index (χ3v) is 3.91. The maximum atomic E-state index is 14.3. The summed E-state index contributed by atoms with van der Waals surface area (Å²) in [7, 11) is -0.600. The summed E-state index contributed by atoms with van der Waals surface area (Å²) in [6.45, 7) is 5.11. The Balaban J connectivity index is 1.99. The molecule has 0 amide bonds. The molecule has 0 N–H and O–H groups in total. The van der Waals surface area contributed by atoms with E-state index in [1.165, 1.54) is 18.2 Å². The highest BCUT2D eigenvalue weighted by molar-refractivity contribution is 6.61. The molecule has 3 nitrogen and oxygen atoms in total. The van der Waals surface area contributed by atoms with Gasteiger partial charge in [0.15, 0.2) is 0 Å². The quantitative estimate of drug-likeness (QED) is 0.795. The Morgan fingerprint density at radius 3 is 2.42 bits per heavy atom. The van der Waals surface area contributed by atoms with Crippen LogP contribution in [0, 0.1) is 28.4 Å². The SMILES string of the molecule is CC1(C)COB(c2ccc(F)c(-c3cc(F)ccc3C#N)c2)OC1. The van der Waals surface area contributed by atoms with Crippen molar-refractivity contribution in [1.82, 2.24) is 0 Å². The van der Waals surface area contributed by atoms with E-state index < -0.39 is 18.8 Å². The minimum absolute atomic E-state index is 0.0735. The minimum Gasteiger partial charge on any atom is -0.407 e. The van der Waals surface area contributed by atoms with E-state index in [0.29, 0.717) is 18.7 Å². The molecule has 0 aromatic heterocycles. The van der Waals surface area contributed by atoms with Crippen molar-refractivity contribution in [3.05, 3.63) is 53.6 Å². The van der Waals surface area contributed by atoms with Gasteiger partial charge in [0, 0.05) is 29.8 Å². The van der Waals surface area contributed by atoms with Crippen LogP contribution >= 0.6 is 0 Å². The second-order valence-electron chi connectivity index (χ2n) is 6.66. The van der Waals surface area contributed by atoms with Gasteiger partial charge in [-0.1, -0.05) is 26.0 Å². The van der Waals surface area contributed by atoms with Crippen molar-refractivity contribution in [2.24, 2.45) is 5.41 Å². The van der Waals surface area contributed by atoms with Gasteiger partial charge in [-0.25, -0.2) is 8.78 Å². The van der Waals surface area contributed by atoms with Crippen molar-refractivity contribution in [2.75, 3.05) is 13.2 Å². The zero-order chi connectivity index (χ0) is 17.3. The monoisotopic (exact) mass is 327 g/mol. The van der Waals surface area contributed by atoms with E-state index in [1.54, 1.807) is 12.1 Å². The highest BCUT2D eigenvalue weighted by atomic mass is 19.1. The number of nitrogens with zero attached hydrogens (tertiary/aromatic N) is 1. The van der Waals surface area contributed by atoms with Crippen molar-refractivity contribution in [2.45, 2.75) is 13.8 Å². The van der Waals surface area contributed by atoms with Crippen LogP contribution in [0.3, 0.4) is 0 Å². The molecule has 0 radical (unpaired) electrons. The van der Waals surface area contributed by atoms with E-state index >= 15 is 0 Å². The molecule has 122 valence electrons. The van der Waals surface area contributed by atoms with Gasteiger partial charge < -0.3 is 9.31 Å². The summed E-state index contributed by atoms with van der Waals surface area (Å²) in [5.41, 5.74) is 1.14. The molecule has 2 aromatic carbocycles. The van der Waals surface area contributed by atoms with Gasteiger partial charge in [0.25, 0.3) is 0 Å². The van der Waals surface area contributed by atoms with Crippen LogP contribution in [0.2, 0.25) is 0 Å². The zero-order valence-corrected chi connectivity index (χ0v) is 13.5. The summed E-state index contributed by atoms with van der Waals surface area (Å²) in [4.78, 5) is 0. The summed E-state index contributed by atoms with van der Waals surface area (Å²) < 4.78 is 39.3. The predicted molar refractivity (Wildman–Crippen MR) is 87.6 cm³/mol. The highest BCUT2D eigenvalue weighted by Crippen LogP contribution is 2.27. The first-order valence-electron chi connectivity index (χ1n) is 7.62. The summed E-state index contributed by atoms with van der Waals surface area (Å²) in [6, 6.07) is 10.0. The molecule has 0 bridgehead atoms. The van der Waals surface area contributed by atoms with Crippen LogP contribution in [-0.4, -0.2) is 20.3 Å². The number of rotatable bonds is 2. The number of hydrogen-bond donors (Lipinski definition) is 0. The van der Waals surface area contributed by atoms with E-state index in [0.717, 1.165) is 6.07 Å². The molecule has 3 rings (SSSR count). The summed E-state index contributed by atoms with van der Waals surface area (Å²) in [5.74, 6) is -1.06. The van der Waals surface area contributed by atoms with E-state index in [-0.39, 0.29) is 22.1 Å². The van der Waals surface area contributed by atoms with E-state index in [9.17, 15) is 14.0 Å². The second-order valence-corrected chi connectivity index (χ2v) is 6.66. The fraction of sp³-hybridized carbons (Fsp3) is 0.278. The molecular formula is C18H16BF2NO2. The Labute approximate surface area is 140 Å². The average molecular weight is 327 g/mol. The molecule has 1 saturated heterocycles. The standard InChI is InChI=1S/C18H16BF2NO2/c1-18(2)10-23-19(24-11-18)13-4-6-17(21)16(7-13)15-8-14(20)5-3-12(15)9-22/h3-8H,10-11H2,1-2H3. The van der Waals surface area contributed by atoms with Crippen molar-refractivity contribution in [3.63, 3.8) is 0 Å². The predicted octanol–water partition coefficient (Wildman–Crippen LogP) is 3.27. The third kappa shape index (κ3) is 3.33. The van der Waals surface area contributed by atoms with Crippen LogP contribution < -0.4 is 5.46 Å². The number of halogens is 2. The molecule has 6 heteroatoms. The fourth-order valence-electron chi connectivity index (χ4n) is 2.62. The summed E-state index contributed by atoms with van der Waals surface area (Å²) in [5, 5.41) is 9.19. The number of nitriles is 1. The molecule has 0 unspecified atom stereocenters. The zero-order valence-electron chi connectivity index (χ0n) is 13.5. The molecule has 1 heterocycles. The van der Waals surface area contributed by atoms with Crippen molar-refractivity contribution < 1.29 is 18.1 Å². The molecular weight excluding hydrogens is 311 g/mol. The van der Waals surface area contributed by atoms with Gasteiger partial charge in [0.1, 0.15) is 11.6 Å². The van der Waals surface area contributed by atoms with Crippen molar-refractivity contribution in [1.29, 1.82) is 5.26 Å².